The Bertz CT molecular complexity index is 352. The van der Waals surface area contributed by atoms with E-state index in [-0.39, 0.29) is 6.54 Å². The van der Waals surface area contributed by atoms with Crippen molar-refractivity contribution in [2.45, 2.75) is 12.7 Å². The number of H-pyrrole nitrogens is 1. The molecule has 0 spiro atoms. The first-order valence-corrected chi connectivity index (χ1v) is 4.61. The summed E-state index contributed by atoms with van der Waals surface area (Å²) in [6, 6.07) is 0. The predicted molar refractivity (Wildman–Crippen MR) is 49.7 cm³/mol. The minimum Gasteiger partial charge on any atom is -0.362 e. The van der Waals surface area contributed by atoms with E-state index in [0.29, 0.717) is 5.82 Å². The maximum absolute atomic E-state index is 11.7. The summed E-state index contributed by atoms with van der Waals surface area (Å²) in [4.78, 5) is 16.3. The van der Waals surface area contributed by atoms with Crippen LogP contribution in [0.1, 0.15) is 5.82 Å². The minimum atomic E-state index is -4.43. The van der Waals surface area contributed by atoms with Crippen molar-refractivity contribution < 1.29 is 22.7 Å². The molecule has 1 amide bonds. The molecule has 17 heavy (non-hydrogen) atoms. The Labute approximate surface area is 94.8 Å². The molecule has 1 aromatic rings. The zero-order chi connectivity index (χ0) is 12.9. The van der Waals surface area contributed by atoms with E-state index >= 15 is 0 Å². The third-order valence-corrected chi connectivity index (χ3v) is 1.77. The molecule has 0 atom stereocenters. The van der Waals surface area contributed by atoms with Crippen LogP contribution < -0.4 is 0 Å². The van der Waals surface area contributed by atoms with Gasteiger partial charge in [-0.15, -0.1) is 0 Å². The van der Waals surface area contributed by atoms with Gasteiger partial charge in [0.25, 0.3) is 0 Å². The molecule has 0 saturated heterocycles. The van der Waals surface area contributed by atoms with E-state index in [2.05, 4.69) is 19.9 Å². The standard InChI is InChI=1S/C8H11F3N4O2/c1-15(2-6-12-5-13-14-6)7(16)3-17-4-8(9,10)11/h5H,2-4H2,1H3,(H,12,13,14). The smallest absolute Gasteiger partial charge is 0.362 e. The number of rotatable bonds is 5. The molecule has 1 N–H and O–H groups in total. The molecule has 0 radical (unpaired) electrons. The van der Waals surface area contributed by atoms with Crippen molar-refractivity contribution in [3.63, 3.8) is 0 Å². The molecule has 0 unspecified atom stereocenters. The molecule has 0 bridgehead atoms. The van der Waals surface area contributed by atoms with Gasteiger partial charge in [0.1, 0.15) is 25.4 Å². The quantitative estimate of drug-likeness (QED) is 0.820. The number of likely N-dealkylation sites (N-methyl/N-ethyl adjacent to an activating group) is 1. The molecule has 0 aromatic carbocycles. The Morgan fingerprint density at radius 2 is 2.29 bits per heavy atom. The van der Waals surface area contributed by atoms with Crippen LogP contribution in [0.5, 0.6) is 0 Å². The average molecular weight is 252 g/mol. The molecule has 0 aliphatic heterocycles. The van der Waals surface area contributed by atoms with Gasteiger partial charge >= 0.3 is 6.18 Å². The van der Waals surface area contributed by atoms with Crippen molar-refractivity contribution >= 4 is 5.91 Å². The number of amides is 1. The highest BCUT2D eigenvalue weighted by molar-refractivity contribution is 5.77. The summed E-state index contributed by atoms with van der Waals surface area (Å²) in [5.41, 5.74) is 0. The van der Waals surface area contributed by atoms with Crippen LogP contribution in [0.3, 0.4) is 0 Å². The minimum absolute atomic E-state index is 0.133. The highest BCUT2D eigenvalue weighted by atomic mass is 19.4. The van der Waals surface area contributed by atoms with Crippen molar-refractivity contribution in [3.05, 3.63) is 12.2 Å². The molecule has 1 aromatic heterocycles. The summed E-state index contributed by atoms with van der Waals surface area (Å²) in [6.45, 7) is -1.92. The lowest BCUT2D eigenvalue weighted by molar-refractivity contribution is -0.177. The number of halogens is 3. The topological polar surface area (TPSA) is 71.1 Å². The van der Waals surface area contributed by atoms with E-state index < -0.39 is 25.3 Å². The van der Waals surface area contributed by atoms with Gasteiger partial charge in [0.05, 0.1) is 6.54 Å². The maximum atomic E-state index is 11.7. The van der Waals surface area contributed by atoms with Crippen molar-refractivity contribution in [2.75, 3.05) is 20.3 Å². The van der Waals surface area contributed by atoms with Gasteiger partial charge in [0, 0.05) is 7.05 Å². The van der Waals surface area contributed by atoms with E-state index in [9.17, 15) is 18.0 Å². The first kappa shape index (κ1) is 13.4. The summed E-state index contributed by atoms with van der Waals surface area (Å²) in [5.74, 6) is -0.123. The third-order valence-electron chi connectivity index (χ3n) is 1.77. The Morgan fingerprint density at radius 3 is 2.82 bits per heavy atom. The van der Waals surface area contributed by atoms with E-state index in [1.807, 2.05) is 0 Å². The summed E-state index contributed by atoms with van der Waals surface area (Å²) in [5, 5.41) is 6.10. The first-order chi connectivity index (χ1) is 7.88. The number of carbonyl (C=O) groups excluding carboxylic acids is 1. The van der Waals surface area contributed by atoms with Gasteiger partial charge < -0.3 is 9.64 Å². The Hall–Kier alpha value is -1.64. The van der Waals surface area contributed by atoms with Crippen LogP contribution in [0.25, 0.3) is 0 Å². The van der Waals surface area contributed by atoms with Crippen molar-refractivity contribution in [1.29, 1.82) is 0 Å². The van der Waals surface area contributed by atoms with Crippen molar-refractivity contribution in [1.82, 2.24) is 20.1 Å². The summed E-state index contributed by atoms with van der Waals surface area (Å²) >= 11 is 0. The van der Waals surface area contributed by atoms with Crippen LogP contribution in [0, 0.1) is 0 Å². The molecule has 1 heterocycles. The molecule has 0 fully saturated rings. The number of nitrogens with one attached hydrogen (secondary N) is 1. The van der Waals surface area contributed by atoms with Crippen LogP contribution in [0.2, 0.25) is 0 Å². The second kappa shape index (κ2) is 5.62. The second-order valence-corrected chi connectivity index (χ2v) is 3.29. The van der Waals surface area contributed by atoms with E-state index in [0.717, 1.165) is 0 Å². The fraction of sp³-hybridized carbons (Fsp3) is 0.625. The lowest BCUT2D eigenvalue weighted by Crippen LogP contribution is -2.31. The highest BCUT2D eigenvalue weighted by Gasteiger charge is 2.28. The molecular weight excluding hydrogens is 241 g/mol. The lowest BCUT2D eigenvalue weighted by Gasteiger charge is -2.15. The second-order valence-electron chi connectivity index (χ2n) is 3.29. The van der Waals surface area contributed by atoms with Gasteiger partial charge in [-0.2, -0.15) is 18.3 Å². The summed E-state index contributed by atoms with van der Waals surface area (Å²) in [7, 11) is 1.43. The number of hydrogen-bond acceptors (Lipinski definition) is 4. The van der Waals surface area contributed by atoms with E-state index in [4.69, 9.17) is 0 Å². The average Bonchev–Trinajstić information content (AvgIpc) is 2.68. The number of aromatic amines is 1. The number of hydrogen-bond donors (Lipinski definition) is 1. The zero-order valence-electron chi connectivity index (χ0n) is 8.99. The SMILES string of the molecule is CN(Cc1ncn[nH]1)C(=O)COCC(F)(F)F. The van der Waals surface area contributed by atoms with E-state index in [1.165, 1.54) is 18.3 Å². The Morgan fingerprint density at radius 1 is 1.59 bits per heavy atom. The van der Waals surface area contributed by atoms with Gasteiger partial charge in [-0.25, -0.2) is 4.98 Å². The molecule has 0 aliphatic rings. The van der Waals surface area contributed by atoms with Crippen LogP contribution in [0.4, 0.5) is 13.2 Å². The molecular formula is C8H11F3N4O2. The van der Waals surface area contributed by atoms with Gasteiger partial charge in [0.2, 0.25) is 5.91 Å². The monoisotopic (exact) mass is 252 g/mol. The maximum Gasteiger partial charge on any atom is 0.411 e. The molecule has 6 nitrogen and oxygen atoms in total. The van der Waals surface area contributed by atoms with Gasteiger partial charge in [-0.05, 0) is 0 Å². The molecule has 1 rings (SSSR count). The van der Waals surface area contributed by atoms with Gasteiger partial charge in [-0.1, -0.05) is 0 Å². The Balaban J connectivity index is 2.28. The number of alkyl halides is 3. The number of ether oxygens (including phenoxy) is 1. The number of nitrogens with zero attached hydrogens (tertiary/aromatic N) is 3. The molecule has 0 saturated carbocycles. The van der Waals surface area contributed by atoms with Crippen LogP contribution in [-0.2, 0) is 16.1 Å². The normalized spacial score (nSPS) is 11.5. The number of aromatic nitrogens is 3. The van der Waals surface area contributed by atoms with Crippen molar-refractivity contribution in [2.24, 2.45) is 0 Å². The summed E-state index contributed by atoms with van der Waals surface area (Å²) < 4.78 is 39.5. The first-order valence-electron chi connectivity index (χ1n) is 4.61. The van der Waals surface area contributed by atoms with Crippen molar-refractivity contribution in [3.8, 4) is 0 Å². The number of carbonyl (C=O) groups is 1. The fourth-order valence-electron chi connectivity index (χ4n) is 0.984. The van der Waals surface area contributed by atoms with E-state index in [1.54, 1.807) is 0 Å². The van der Waals surface area contributed by atoms with Crippen LogP contribution >= 0.6 is 0 Å². The summed E-state index contributed by atoms with van der Waals surface area (Å²) in [6.07, 6.45) is -3.16. The third kappa shape index (κ3) is 5.29. The van der Waals surface area contributed by atoms with Gasteiger partial charge in [0.15, 0.2) is 0 Å². The van der Waals surface area contributed by atoms with Crippen LogP contribution in [0.15, 0.2) is 6.33 Å². The van der Waals surface area contributed by atoms with Crippen LogP contribution in [-0.4, -0.2) is 52.4 Å². The zero-order valence-corrected chi connectivity index (χ0v) is 8.99. The highest BCUT2D eigenvalue weighted by Crippen LogP contribution is 2.14. The fourth-order valence-corrected chi connectivity index (χ4v) is 0.984. The molecule has 0 aliphatic carbocycles. The Kier molecular flexibility index (Phi) is 4.44. The van der Waals surface area contributed by atoms with Gasteiger partial charge in [-0.3, -0.25) is 9.89 Å². The molecule has 9 heteroatoms. The largest absolute Gasteiger partial charge is 0.411 e. The molecule has 96 valence electrons. The predicted octanol–water partition coefficient (Wildman–Crippen LogP) is 0.342. The lowest BCUT2D eigenvalue weighted by atomic mass is 10.5.